The van der Waals surface area contributed by atoms with Gasteiger partial charge in [0.1, 0.15) is 13.1 Å². The molecule has 1 aromatic heterocycles. The van der Waals surface area contributed by atoms with Crippen LogP contribution in [0.4, 0.5) is 0 Å². The molecule has 0 bridgehead atoms. The van der Waals surface area contributed by atoms with E-state index in [0.29, 0.717) is 13.0 Å². The molecule has 1 aliphatic rings. The quantitative estimate of drug-likeness (QED) is 0.606. The van der Waals surface area contributed by atoms with Crippen LogP contribution in [0.25, 0.3) is 0 Å². The Bertz CT molecular complexity index is 694. The van der Waals surface area contributed by atoms with Crippen LogP contribution < -0.4 is 17.3 Å². The molecular formula is C19H26ClN3O2. The molecule has 1 saturated heterocycles. The molecule has 0 unspecified atom stereocenters. The average Bonchev–Trinajstić information content (AvgIpc) is 2.88. The number of rotatable bonds is 6. The number of carbonyl (C=O) groups is 1. The van der Waals surface area contributed by atoms with Crippen molar-refractivity contribution < 1.29 is 26.8 Å². The van der Waals surface area contributed by atoms with Gasteiger partial charge in [-0.05, 0) is 19.4 Å². The number of hydrogen-bond acceptors (Lipinski definition) is 3. The van der Waals surface area contributed by atoms with Gasteiger partial charge in [0.05, 0.1) is 44.0 Å². The number of carbonyl (C=O) groups excluding carboxylic acids is 1. The molecular weight excluding hydrogens is 338 g/mol. The number of aryl methyl sites for hydroxylation is 1. The smallest absolute Gasteiger partial charge is 0.172 e. The van der Waals surface area contributed by atoms with Gasteiger partial charge in [-0.15, -0.1) is 0 Å². The standard InChI is InChI=1S/C19H25N3O2.ClH/c1-15-19(18(23)8-9-21-10-12-24-13-11-21)16(2)22(20-15)14-17-6-4-3-5-7-17;/h3-7H,8-14H2,1-2H3;1H. The summed E-state index contributed by atoms with van der Waals surface area (Å²) in [4.78, 5) is 14.2. The largest absolute Gasteiger partial charge is 1.00 e. The molecule has 0 atom stereocenters. The molecule has 3 rings (SSSR count). The van der Waals surface area contributed by atoms with E-state index < -0.39 is 0 Å². The minimum Gasteiger partial charge on any atom is -1.00 e. The fraction of sp³-hybridized carbons (Fsp3) is 0.474. The molecule has 1 aromatic carbocycles. The van der Waals surface area contributed by atoms with Crippen molar-refractivity contribution in [2.45, 2.75) is 26.8 Å². The maximum Gasteiger partial charge on any atom is 0.172 e. The number of hydrogen-bond donors (Lipinski definition) is 1. The van der Waals surface area contributed by atoms with Gasteiger partial charge in [0, 0.05) is 5.69 Å². The van der Waals surface area contributed by atoms with Crippen LogP contribution in [-0.4, -0.2) is 48.4 Å². The average molecular weight is 364 g/mol. The Morgan fingerprint density at radius 1 is 1.20 bits per heavy atom. The van der Waals surface area contributed by atoms with Gasteiger partial charge in [0.25, 0.3) is 0 Å². The number of aromatic nitrogens is 2. The third-order valence-corrected chi connectivity index (χ3v) is 4.74. The first-order valence-electron chi connectivity index (χ1n) is 8.67. The van der Waals surface area contributed by atoms with Gasteiger partial charge in [0.15, 0.2) is 5.78 Å². The van der Waals surface area contributed by atoms with Gasteiger partial charge in [-0.25, -0.2) is 0 Å². The zero-order valence-corrected chi connectivity index (χ0v) is 15.7. The van der Waals surface area contributed by atoms with Gasteiger partial charge in [-0.2, -0.15) is 5.10 Å². The SMILES string of the molecule is Cc1nn(Cc2ccccc2)c(C)c1C(=O)CC[NH+]1CCOCC1.[Cl-]. The summed E-state index contributed by atoms with van der Waals surface area (Å²) in [5.74, 6) is 0.211. The van der Waals surface area contributed by atoms with E-state index in [0.717, 1.165) is 49.8 Å². The zero-order valence-electron chi connectivity index (χ0n) is 14.9. The highest BCUT2D eigenvalue weighted by Crippen LogP contribution is 2.16. The number of nitrogens with one attached hydrogen (secondary N) is 1. The summed E-state index contributed by atoms with van der Waals surface area (Å²) in [7, 11) is 0. The molecule has 0 radical (unpaired) electrons. The number of quaternary nitrogens is 1. The summed E-state index contributed by atoms with van der Waals surface area (Å²) in [5, 5.41) is 4.59. The lowest BCUT2D eigenvalue weighted by atomic mass is 10.1. The number of halogens is 1. The van der Waals surface area contributed by atoms with E-state index in [1.807, 2.05) is 36.7 Å². The lowest BCUT2D eigenvalue weighted by molar-refractivity contribution is -0.907. The molecule has 2 heterocycles. The van der Waals surface area contributed by atoms with Crippen LogP contribution in [-0.2, 0) is 11.3 Å². The van der Waals surface area contributed by atoms with Crippen molar-refractivity contribution in [2.24, 2.45) is 0 Å². The second kappa shape index (κ2) is 9.13. The van der Waals surface area contributed by atoms with Crippen molar-refractivity contribution in [3.05, 3.63) is 52.8 Å². The lowest BCUT2D eigenvalue weighted by Crippen LogP contribution is -3.14. The number of morpholine rings is 1. The predicted octanol–water partition coefficient (Wildman–Crippen LogP) is -1.96. The van der Waals surface area contributed by atoms with Crippen molar-refractivity contribution >= 4 is 5.78 Å². The van der Waals surface area contributed by atoms with Gasteiger partial charge < -0.3 is 22.0 Å². The molecule has 1 N–H and O–H groups in total. The van der Waals surface area contributed by atoms with E-state index in [1.54, 1.807) is 0 Å². The summed E-state index contributed by atoms with van der Waals surface area (Å²) in [6.07, 6.45) is 0.577. The second-order valence-corrected chi connectivity index (χ2v) is 6.47. The van der Waals surface area contributed by atoms with Gasteiger partial charge in [-0.1, -0.05) is 30.3 Å². The van der Waals surface area contributed by atoms with Crippen LogP contribution in [0.1, 0.15) is 33.7 Å². The third-order valence-electron chi connectivity index (χ3n) is 4.74. The minimum absolute atomic E-state index is 0. The molecule has 25 heavy (non-hydrogen) atoms. The number of benzene rings is 1. The number of ketones is 1. The third kappa shape index (κ3) is 4.91. The van der Waals surface area contributed by atoms with Gasteiger partial charge in [0.2, 0.25) is 0 Å². The Morgan fingerprint density at radius 2 is 1.88 bits per heavy atom. The van der Waals surface area contributed by atoms with E-state index in [4.69, 9.17) is 4.74 Å². The first kappa shape index (κ1) is 19.6. The fourth-order valence-electron chi connectivity index (χ4n) is 3.34. The highest BCUT2D eigenvalue weighted by Gasteiger charge is 2.21. The van der Waals surface area contributed by atoms with Crippen LogP contribution in [0.15, 0.2) is 30.3 Å². The summed E-state index contributed by atoms with van der Waals surface area (Å²) in [5.41, 5.74) is 3.81. The molecule has 0 amide bonds. The molecule has 0 saturated carbocycles. The summed E-state index contributed by atoms with van der Waals surface area (Å²) in [6.45, 7) is 9.12. The van der Waals surface area contributed by atoms with E-state index in [-0.39, 0.29) is 18.2 Å². The van der Waals surface area contributed by atoms with Crippen LogP contribution in [0.2, 0.25) is 0 Å². The van der Waals surface area contributed by atoms with Crippen molar-refractivity contribution in [2.75, 3.05) is 32.8 Å². The molecule has 1 fully saturated rings. The molecule has 2 aromatic rings. The molecule has 6 heteroatoms. The summed E-state index contributed by atoms with van der Waals surface area (Å²) >= 11 is 0. The normalized spacial score (nSPS) is 15.0. The Kier molecular flexibility index (Phi) is 7.17. The maximum atomic E-state index is 12.7. The monoisotopic (exact) mass is 363 g/mol. The molecule has 1 aliphatic heterocycles. The van der Waals surface area contributed by atoms with E-state index in [9.17, 15) is 4.79 Å². The molecule has 136 valence electrons. The molecule has 0 aliphatic carbocycles. The van der Waals surface area contributed by atoms with Gasteiger partial charge >= 0.3 is 0 Å². The van der Waals surface area contributed by atoms with Crippen LogP contribution >= 0.6 is 0 Å². The Balaban J connectivity index is 0.00000225. The Hall–Kier alpha value is -1.69. The van der Waals surface area contributed by atoms with E-state index in [2.05, 4.69) is 17.2 Å². The number of ether oxygens (including phenoxy) is 1. The Labute approximate surface area is 155 Å². The summed E-state index contributed by atoms with van der Waals surface area (Å²) in [6, 6.07) is 10.2. The predicted molar refractivity (Wildman–Crippen MR) is 92.6 cm³/mol. The zero-order chi connectivity index (χ0) is 16.9. The van der Waals surface area contributed by atoms with E-state index in [1.165, 1.54) is 10.5 Å². The van der Waals surface area contributed by atoms with Crippen LogP contribution in [0.3, 0.4) is 0 Å². The van der Waals surface area contributed by atoms with Crippen molar-refractivity contribution in [1.29, 1.82) is 0 Å². The highest BCUT2D eigenvalue weighted by molar-refractivity contribution is 5.98. The highest BCUT2D eigenvalue weighted by atomic mass is 35.5. The van der Waals surface area contributed by atoms with E-state index >= 15 is 0 Å². The number of nitrogens with zero attached hydrogens (tertiary/aromatic N) is 2. The fourth-order valence-corrected chi connectivity index (χ4v) is 3.34. The van der Waals surface area contributed by atoms with Crippen molar-refractivity contribution in [3.8, 4) is 0 Å². The van der Waals surface area contributed by atoms with Crippen molar-refractivity contribution in [1.82, 2.24) is 9.78 Å². The molecule has 0 spiro atoms. The lowest BCUT2D eigenvalue weighted by Gasteiger charge is -2.23. The van der Waals surface area contributed by atoms with Crippen molar-refractivity contribution in [3.63, 3.8) is 0 Å². The minimum atomic E-state index is 0. The van der Waals surface area contributed by atoms with Crippen LogP contribution in [0, 0.1) is 13.8 Å². The first-order chi connectivity index (χ1) is 11.6. The molecule has 5 nitrogen and oxygen atoms in total. The summed E-state index contributed by atoms with van der Waals surface area (Å²) < 4.78 is 7.31. The first-order valence-corrected chi connectivity index (χ1v) is 8.67. The number of Topliss-reactive ketones (excluding diaryl/α,β-unsaturated/α-hetero) is 1. The second-order valence-electron chi connectivity index (χ2n) is 6.47. The van der Waals surface area contributed by atoms with Crippen LogP contribution in [0.5, 0.6) is 0 Å². The Morgan fingerprint density at radius 3 is 2.56 bits per heavy atom. The maximum absolute atomic E-state index is 12.7. The van der Waals surface area contributed by atoms with Gasteiger partial charge in [-0.3, -0.25) is 9.48 Å². The topological polar surface area (TPSA) is 48.6 Å².